The normalized spacial score (nSPS) is 14.0. The van der Waals surface area contributed by atoms with Crippen molar-refractivity contribution in [1.29, 1.82) is 0 Å². The van der Waals surface area contributed by atoms with Gasteiger partial charge in [0.25, 0.3) is 5.91 Å². The number of carbonyl (C=O) groups excluding carboxylic acids is 2. The van der Waals surface area contributed by atoms with Crippen molar-refractivity contribution in [3.8, 4) is 5.75 Å². The fourth-order valence-electron chi connectivity index (χ4n) is 3.14. The zero-order valence-corrected chi connectivity index (χ0v) is 18.1. The summed E-state index contributed by atoms with van der Waals surface area (Å²) in [6, 6.07) is 6.71. The molecule has 2 aromatic heterocycles. The van der Waals surface area contributed by atoms with E-state index in [0.717, 1.165) is 22.7 Å². The molecule has 1 aliphatic heterocycles. The second-order valence-electron chi connectivity index (χ2n) is 6.94. The molecule has 12 heteroatoms. The van der Waals surface area contributed by atoms with Crippen molar-refractivity contribution in [2.45, 2.75) is 19.3 Å². The summed E-state index contributed by atoms with van der Waals surface area (Å²) in [5, 5.41) is 9.59. The van der Waals surface area contributed by atoms with Gasteiger partial charge in [0, 0.05) is 35.5 Å². The van der Waals surface area contributed by atoms with Crippen LogP contribution in [0, 0.1) is 0 Å². The largest absolute Gasteiger partial charge is 0.573 e. The molecule has 0 fully saturated rings. The maximum absolute atomic E-state index is 12.4. The van der Waals surface area contributed by atoms with Gasteiger partial charge < -0.3 is 10.1 Å². The van der Waals surface area contributed by atoms with E-state index in [2.05, 4.69) is 20.4 Å². The number of anilines is 2. The van der Waals surface area contributed by atoms with Gasteiger partial charge in [-0.25, -0.2) is 4.98 Å². The third-order valence-corrected chi connectivity index (χ3v) is 6.23. The molecule has 0 bridgehead atoms. The Morgan fingerprint density at radius 2 is 1.94 bits per heavy atom. The molecule has 0 saturated heterocycles. The Hall–Kier alpha value is -2.96. The fraction of sp³-hybridized carbons (Fsp3) is 0.250. The number of nitrogens with one attached hydrogen (secondary N) is 2. The molecule has 0 unspecified atom stereocenters. The predicted molar refractivity (Wildman–Crippen MR) is 115 cm³/mol. The average molecular weight is 483 g/mol. The number of thiazole rings is 1. The summed E-state index contributed by atoms with van der Waals surface area (Å²) in [7, 11) is 0. The quantitative estimate of drug-likeness (QED) is 0.546. The lowest BCUT2D eigenvalue weighted by Gasteiger charge is -2.25. The maximum Gasteiger partial charge on any atom is 0.573 e. The summed E-state index contributed by atoms with van der Waals surface area (Å²) in [5.41, 5.74) is 1.87. The van der Waals surface area contributed by atoms with Gasteiger partial charge >= 0.3 is 6.36 Å². The predicted octanol–water partition coefficient (Wildman–Crippen LogP) is 4.35. The number of nitrogens with zero attached hydrogens (tertiary/aromatic N) is 2. The van der Waals surface area contributed by atoms with E-state index < -0.39 is 6.36 Å². The van der Waals surface area contributed by atoms with Crippen LogP contribution in [0.5, 0.6) is 5.75 Å². The molecule has 0 aliphatic carbocycles. The van der Waals surface area contributed by atoms with E-state index in [1.54, 1.807) is 11.4 Å². The summed E-state index contributed by atoms with van der Waals surface area (Å²) < 4.78 is 40.5. The molecule has 0 spiro atoms. The van der Waals surface area contributed by atoms with Crippen LogP contribution in [0.3, 0.4) is 0 Å². The molecule has 0 radical (unpaired) electrons. The number of halogens is 3. The zero-order valence-electron chi connectivity index (χ0n) is 16.4. The minimum Gasteiger partial charge on any atom is -0.406 e. The number of hydrogen-bond acceptors (Lipinski definition) is 7. The first-order valence-corrected chi connectivity index (χ1v) is 11.2. The Kier molecular flexibility index (Phi) is 6.44. The van der Waals surface area contributed by atoms with Crippen molar-refractivity contribution in [3.63, 3.8) is 0 Å². The Labute approximate surface area is 188 Å². The number of thiophene rings is 1. The van der Waals surface area contributed by atoms with Crippen molar-refractivity contribution in [3.05, 3.63) is 57.2 Å². The lowest BCUT2D eigenvalue weighted by molar-refractivity contribution is -0.274. The van der Waals surface area contributed by atoms with Crippen molar-refractivity contribution < 1.29 is 27.5 Å². The lowest BCUT2D eigenvalue weighted by Crippen LogP contribution is -2.36. The molecule has 0 saturated carbocycles. The molecule has 1 aromatic carbocycles. The average Bonchev–Trinajstić information content (AvgIpc) is 3.37. The minimum absolute atomic E-state index is 0.120. The van der Waals surface area contributed by atoms with E-state index in [1.807, 2.05) is 10.3 Å². The van der Waals surface area contributed by atoms with Gasteiger partial charge in [-0.2, -0.15) is 11.3 Å². The SMILES string of the molecule is O=C(CN1CCc2nc(NC(=O)c3ccsc3)sc2C1)Nc1ccc(OC(F)(F)F)cc1. The van der Waals surface area contributed by atoms with Crippen LogP contribution >= 0.6 is 22.7 Å². The molecule has 168 valence electrons. The Morgan fingerprint density at radius 1 is 1.16 bits per heavy atom. The summed E-state index contributed by atoms with van der Waals surface area (Å²) in [5.74, 6) is -0.847. The van der Waals surface area contributed by atoms with Crippen molar-refractivity contribution >= 4 is 45.3 Å². The number of fused-ring (bicyclic) bond motifs is 1. The number of hydrogen-bond donors (Lipinski definition) is 2. The van der Waals surface area contributed by atoms with Crippen LogP contribution in [0.15, 0.2) is 41.1 Å². The van der Waals surface area contributed by atoms with Gasteiger partial charge in [0.05, 0.1) is 17.8 Å². The van der Waals surface area contributed by atoms with Gasteiger partial charge in [-0.1, -0.05) is 0 Å². The summed E-state index contributed by atoms with van der Waals surface area (Å²) in [6.07, 6.45) is -4.11. The molecule has 2 amide bonds. The zero-order chi connectivity index (χ0) is 22.7. The Bertz CT molecular complexity index is 1100. The second kappa shape index (κ2) is 9.27. The number of rotatable bonds is 6. The molecule has 4 rings (SSSR count). The van der Waals surface area contributed by atoms with Crippen LogP contribution < -0.4 is 15.4 Å². The topological polar surface area (TPSA) is 83.6 Å². The van der Waals surface area contributed by atoms with Crippen LogP contribution in [-0.4, -0.2) is 41.2 Å². The fourth-order valence-corrected chi connectivity index (χ4v) is 4.82. The lowest BCUT2D eigenvalue weighted by atomic mass is 10.2. The molecule has 7 nitrogen and oxygen atoms in total. The van der Waals surface area contributed by atoms with Gasteiger partial charge in [-0.05, 0) is 35.7 Å². The second-order valence-corrected chi connectivity index (χ2v) is 8.80. The van der Waals surface area contributed by atoms with Crippen molar-refractivity contribution in [1.82, 2.24) is 9.88 Å². The van der Waals surface area contributed by atoms with Crippen molar-refractivity contribution in [2.75, 3.05) is 23.7 Å². The van der Waals surface area contributed by atoms with Crippen LogP contribution in [-0.2, 0) is 17.8 Å². The highest BCUT2D eigenvalue weighted by atomic mass is 32.1. The highest BCUT2D eigenvalue weighted by Gasteiger charge is 2.31. The molecule has 3 heterocycles. The number of aromatic nitrogens is 1. The van der Waals surface area contributed by atoms with Crippen LogP contribution in [0.4, 0.5) is 24.0 Å². The summed E-state index contributed by atoms with van der Waals surface area (Å²) in [4.78, 5) is 32.0. The Morgan fingerprint density at radius 3 is 2.62 bits per heavy atom. The standard InChI is InChI=1S/C20H17F3N4O3S2/c21-20(22,23)30-14-3-1-13(2-4-14)24-17(28)10-27-7-5-15-16(9-27)32-19(25-15)26-18(29)12-6-8-31-11-12/h1-4,6,8,11H,5,7,9-10H2,(H,24,28)(H,25,26,29). The molecule has 32 heavy (non-hydrogen) atoms. The minimum atomic E-state index is -4.76. The number of amides is 2. The maximum atomic E-state index is 12.4. The molecule has 0 atom stereocenters. The third kappa shape index (κ3) is 5.84. The molecule has 3 aromatic rings. The van der Waals surface area contributed by atoms with E-state index in [4.69, 9.17) is 0 Å². The highest BCUT2D eigenvalue weighted by molar-refractivity contribution is 7.16. The van der Waals surface area contributed by atoms with E-state index >= 15 is 0 Å². The van der Waals surface area contributed by atoms with Gasteiger partial charge in [0.15, 0.2) is 5.13 Å². The number of benzene rings is 1. The Balaban J connectivity index is 1.30. The van der Waals surface area contributed by atoms with E-state index in [0.29, 0.717) is 35.9 Å². The van der Waals surface area contributed by atoms with Crippen LogP contribution in [0.1, 0.15) is 20.9 Å². The molecular formula is C20H17F3N4O3S2. The van der Waals surface area contributed by atoms with Crippen molar-refractivity contribution in [2.24, 2.45) is 0 Å². The van der Waals surface area contributed by atoms with Gasteiger partial charge in [0.2, 0.25) is 5.91 Å². The molecule has 2 N–H and O–H groups in total. The van der Waals surface area contributed by atoms with Gasteiger partial charge in [-0.3, -0.25) is 19.8 Å². The number of ether oxygens (including phenoxy) is 1. The highest BCUT2D eigenvalue weighted by Crippen LogP contribution is 2.29. The van der Waals surface area contributed by atoms with Crippen LogP contribution in [0.25, 0.3) is 0 Å². The number of alkyl halides is 3. The smallest absolute Gasteiger partial charge is 0.406 e. The first kappa shape index (κ1) is 22.2. The first-order chi connectivity index (χ1) is 15.2. The third-order valence-electron chi connectivity index (χ3n) is 4.55. The van der Waals surface area contributed by atoms with Crippen LogP contribution in [0.2, 0.25) is 0 Å². The summed E-state index contributed by atoms with van der Waals surface area (Å²) >= 11 is 2.82. The van der Waals surface area contributed by atoms with E-state index in [-0.39, 0.29) is 24.1 Å². The van der Waals surface area contributed by atoms with E-state index in [1.165, 1.54) is 34.8 Å². The number of carbonyl (C=O) groups is 2. The first-order valence-electron chi connectivity index (χ1n) is 9.45. The van der Waals surface area contributed by atoms with E-state index in [9.17, 15) is 22.8 Å². The van der Waals surface area contributed by atoms with Gasteiger partial charge in [-0.15, -0.1) is 24.5 Å². The summed E-state index contributed by atoms with van der Waals surface area (Å²) in [6.45, 7) is 1.27. The molecular weight excluding hydrogens is 465 g/mol. The molecule has 1 aliphatic rings. The monoisotopic (exact) mass is 482 g/mol. The van der Waals surface area contributed by atoms with Gasteiger partial charge in [0.1, 0.15) is 5.75 Å².